The average Bonchev–Trinajstić information content (AvgIpc) is 3.38. The number of rotatable bonds is 7. The summed E-state index contributed by atoms with van der Waals surface area (Å²) in [5.74, 6) is -0.304. The molecule has 1 aliphatic heterocycles. The molecule has 1 fully saturated rings. The Balaban J connectivity index is 1.72. The molecule has 0 aliphatic carbocycles. The van der Waals surface area contributed by atoms with Crippen molar-refractivity contribution in [2.24, 2.45) is 0 Å². The molecule has 2 amide bonds. The minimum Gasteiger partial charge on any atom is -0.347 e. The Bertz CT molecular complexity index is 822. The molecule has 4 N–H and O–H groups in total. The van der Waals surface area contributed by atoms with Gasteiger partial charge in [-0.05, 0) is 20.3 Å². The highest BCUT2D eigenvalue weighted by Gasteiger charge is 2.39. The molecule has 1 aliphatic rings. The summed E-state index contributed by atoms with van der Waals surface area (Å²) in [6, 6.07) is -0.507. The largest absolute Gasteiger partial charge is 0.347 e. The molecule has 146 valence electrons. The van der Waals surface area contributed by atoms with E-state index in [1.165, 1.54) is 6.20 Å². The fraction of sp³-hybridized carbons (Fsp3) is 0.529. The lowest BCUT2D eigenvalue weighted by Gasteiger charge is -2.28. The van der Waals surface area contributed by atoms with E-state index in [0.717, 1.165) is 5.69 Å². The van der Waals surface area contributed by atoms with Gasteiger partial charge < -0.3 is 25.2 Å². The number of aromatic amines is 3. The van der Waals surface area contributed by atoms with Crippen LogP contribution in [-0.4, -0.2) is 73.3 Å². The monoisotopic (exact) mass is 375 g/mol. The van der Waals surface area contributed by atoms with Gasteiger partial charge in [-0.25, -0.2) is 9.78 Å². The normalized spacial score (nSPS) is 19.9. The Labute approximate surface area is 156 Å². The van der Waals surface area contributed by atoms with E-state index in [4.69, 9.17) is 0 Å². The van der Waals surface area contributed by atoms with E-state index in [0.29, 0.717) is 32.6 Å². The van der Waals surface area contributed by atoms with Gasteiger partial charge in [0.25, 0.3) is 5.91 Å². The van der Waals surface area contributed by atoms with Crippen LogP contribution in [0.1, 0.15) is 36.5 Å². The topological polar surface area (TPSA) is 130 Å². The lowest BCUT2D eigenvalue weighted by Crippen LogP contribution is -2.45. The second-order valence-corrected chi connectivity index (χ2v) is 6.60. The maximum Gasteiger partial charge on any atom is 0.323 e. The quantitative estimate of drug-likeness (QED) is 0.526. The molecular weight excluding hydrogens is 350 g/mol. The van der Waals surface area contributed by atoms with Crippen LogP contribution in [-0.2, 0) is 11.3 Å². The molecule has 0 radical (unpaired) electrons. The zero-order valence-electron chi connectivity index (χ0n) is 15.5. The number of hydrogen-bond acceptors (Lipinski definition) is 5. The predicted octanol–water partition coefficient (Wildman–Crippen LogP) is -0.333. The van der Waals surface area contributed by atoms with Crippen molar-refractivity contribution in [3.05, 3.63) is 40.6 Å². The molecule has 10 nitrogen and oxygen atoms in total. The Morgan fingerprint density at radius 3 is 2.70 bits per heavy atom. The van der Waals surface area contributed by atoms with Crippen LogP contribution in [0.25, 0.3) is 0 Å². The molecule has 2 aromatic heterocycles. The van der Waals surface area contributed by atoms with Crippen molar-refractivity contribution in [1.82, 2.24) is 35.1 Å². The number of likely N-dealkylation sites (tertiary alicyclic amines) is 1. The highest BCUT2D eigenvalue weighted by atomic mass is 16.2. The Hall–Kier alpha value is -2.88. The Morgan fingerprint density at radius 2 is 2.11 bits per heavy atom. The van der Waals surface area contributed by atoms with Crippen LogP contribution in [0.2, 0.25) is 0 Å². The third-order valence-corrected chi connectivity index (χ3v) is 4.87. The summed E-state index contributed by atoms with van der Waals surface area (Å²) in [7, 11) is 0. The fourth-order valence-corrected chi connectivity index (χ4v) is 3.49. The number of likely N-dealkylation sites (N-methyl/N-ethyl adjacent to an activating group) is 1. The van der Waals surface area contributed by atoms with E-state index >= 15 is 0 Å². The molecule has 10 heteroatoms. The summed E-state index contributed by atoms with van der Waals surface area (Å²) in [6.07, 6.45) is 5.20. The molecule has 0 spiro atoms. The number of H-pyrrole nitrogens is 3. The van der Waals surface area contributed by atoms with Crippen LogP contribution in [0.15, 0.2) is 23.5 Å². The lowest BCUT2D eigenvalue weighted by atomic mass is 10.1. The van der Waals surface area contributed by atoms with Crippen LogP contribution in [0.3, 0.4) is 0 Å². The van der Waals surface area contributed by atoms with Crippen LogP contribution in [0.5, 0.6) is 0 Å². The fourth-order valence-electron chi connectivity index (χ4n) is 3.49. The first-order valence-corrected chi connectivity index (χ1v) is 9.10. The summed E-state index contributed by atoms with van der Waals surface area (Å²) in [5.41, 5.74) is 0.662. The molecule has 3 heterocycles. The molecule has 2 aromatic rings. The highest BCUT2D eigenvalue weighted by Crippen LogP contribution is 2.22. The zero-order chi connectivity index (χ0) is 19.4. The lowest BCUT2D eigenvalue weighted by molar-refractivity contribution is -0.135. The summed E-state index contributed by atoms with van der Waals surface area (Å²) >= 11 is 0. The maximum absolute atomic E-state index is 12.9. The summed E-state index contributed by atoms with van der Waals surface area (Å²) in [4.78, 5) is 52.3. The summed E-state index contributed by atoms with van der Waals surface area (Å²) < 4.78 is 0. The predicted molar refractivity (Wildman–Crippen MR) is 98.0 cm³/mol. The number of nitrogens with one attached hydrogen (secondary N) is 4. The number of imidazole rings is 2. The average molecular weight is 375 g/mol. The summed E-state index contributed by atoms with van der Waals surface area (Å²) in [6.45, 7) is 6.28. The van der Waals surface area contributed by atoms with Gasteiger partial charge in [0.15, 0.2) is 0 Å². The van der Waals surface area contributed by atoms with Crippen molar-refractivity contribution in [3.8, 4) is 0 Å². The first-order valence-electron chi connectivity index (χ1n) is 9.10. The minimum absolute atomic E-state index is 0.0614. The van der Waals surface area contributed by atoms with Gasteiger partial charge in [-0.15, -0.1) is 0 Å². The third-order valence-electron chi connectivity index (χ3n) is 4.87. The van der Waals surface area contributed by atoms with Gasteiger partial charge >= 0.3 is 5.69 Å². The van der Waals surface area contributed by atoms with Gasteiger partial charge in [0.05, 0.1) is 12.4 Å². The SMILES string of the molecule is CCN(CC)C(=O)[C@@H]1C[C@H](NC(=O)c2c[nH]c(=O)[nH]2)CN1Cc1cnc[nH]1. The van der Waals surface area contributed by atoms with E-state index in [1.54, 1.807) is 17.4 Å². The Kier molecular flexibility index (Phi) is 5.75. The van der Waals surface area contributed by atoms with E-state index in [1.807, 2.05) is 13.8 Å². The first-order chi connectivity index (χ1) is 13.0. The van der Waals surface area contributed by atoms with Crippen molar-refractivity contribution in [2.75, 3.05) is 19.6 Å². The number of aromatic nitrogens is 4. The Morgan fingerprint density at radius 1 is 1.33 bits per heavy atom. The zero-order valence-corrected chi connectivity index (χ0v) is 15.5. The molecule has 27 heavy (non-hydrogen) atoms. The van der Waals surface area contributed by atoms with Crippen molar-refractivity contribution in [1.29, 1.82) is 0 Å². The molecule has 2 atom stereocenters. The van der Waals surface area contributed by atoms with Gasteiger partial charge in [0, 0.05) is 50.3 Å². The molecule has 0 saturated carbocycles. The smallest absolute Gasteiger partial charge is 0.323 e. The molecule has 0 bridgehead atoms. The van der Waals surface area contributed by atoms with Gasteiger partial charge in [0.1, 0.15) is 5.69 Å². The number of carbonyl (C=O) groups excluding carboxylic acids is 2. The van der Waals surface area contributed by atoms with Crippen molar-refractivity contribution < 1.29 is 9.59 Å². The number of hydrogen-bond donors (Lipinski definition) is 4. The van der Waals surface area contributed by atoms with Gasteiger partial charge in [-0.3, -0.25) is 14.5 Å². The van der Waals surface area contributed by atoms with Crippen LogP contribution < -0.4 is 11.0 Å². The maximum atomic E-state index is 12.9. The molecular formula is C17H25N7O3. The molecule has 1 saturated heterocycles. The second kappa shape index (κ2) is 8.21. The van der Waals surface area contributed by atoms with Crippen molar-refractivity contribution in [3.63, 3.8) is 0 Å². The van der Waals surface area contributed by atoms with E-state index in [9.17, 15) is 14.4 Å². The molecule has 3 rings (SSSR count). The second-order valence-electron chi connectivity index (χ2n) is 6.60. The van der Waals surface area contributed by atoms with Crippen molar-refractivity contribution >= 4 is 11.8 Å². The number of carbonyl (C=O) groups is 2. The van der Waals surface area contributed by atoms with Gasteiger partial charge in [0.2, 0.25) is 5.91 Å². The number of nitrogens with zero attached hydrogens (tertiary/aromatic N) is 3. The minimum atomic E-state index is -0.429. The first kappa shape index (κ1) is 18.9. The van der Waals surface area contributed by atoms with Gasteiger partial charge in [-0.2, -0.15) is 0 Å². The molecule has 0 unspecified atom stereocenters. The van der Waals surface area contributed by atoms with E-state index in [-0.39, 0.29) is 29.6 Å². The van der Waals surface area contributed by atoms with Gasteiger partial charge in [-0.1, -0.05) is 0 Å². The number of amides is 2. The molecule has 0 aromatic carbocycles. The van der Waals surface area contributed by atoms with Crippen molar-refractivity contribution in [2.45, 2.75) is 38.9 Å². The van der Waals surface area contributed by atoms with Crippen LogP contribution >= 0.6 is 0 Å². The van der Waals surface area contributed by atoms with Crippen LogP contribution in [0, 0.1) is 0 Å². The van der Waals surface area contributed by atoms with Crippen LogP contribution in [0.4, 0.5) is 0 Å². The van der Waals surface area contributed by atoms with E-state index in [2.05, 4.69) is 30.2 Å². The highest BCUT2D eigenvalue weighted by molar-refractivity contribution is 5.92. The van der Waals surface area contributed by atoms with E-state index < -0.39 is 5.69 Å². The third kappa shape index (κ3) is 4.27. The summed E-state index contributed by atoms with van der Waals surface area (Å²) in [5, 5.41) is 2.91. The standard InChI is InChI=1S/C17H25N7O3/c1-3-23(4-2)16(26)14-5-11(8-24(14)9-12-6-18-10-20-12)21-15(25)13-7-19-17(27)22-13/h6-7,10-11,14H,3-5,8-9H2,1-2H3,(H,18,20)(H,21,25)(H2,19,22,27)/t11-,14-/m0/s1.